The summed E-state index contributed by atoms with van der Waals surface area (Å²) in [6.45, 7) is 1.98. The van der Waals surface area contributed by atoms with Gasteiger partial charge in [0.15, 0.2) is 0 Å². The Bertz CT molecular complexity index is 695. The molecule has 1 aromatic rings. The number of ether oxygens (including phenoxy) is 1. The summed E-state index contributed by atoms with van der Waals surface area (Å²) in [5.74, 6) is -1.68. The van der Waals surface area contributed by atoms with Crippen molar-refractivity contribution in [1.82, 2.24) is 0 Å². The highest BCUT2D eigenvalue weighted by Gasteiger charge is 2.15. The van der Waals surface area contributed by atoms with Crippen LogP contribution in [0.5, 0.6) is 5.75 Å². The number of carboxylic acids is 2. The zero-order valence-corrected chi connectivity index (χ0v) is 21.8. The number of nitrogen functional groups attached to an aromatic ring is 1. The first-order valence-corrected chi connectivity index (χ1v) is 13.6. The van der Waals surface area contributed by atoms with E-state index < -0.39 is 25.0 Å². The molecule has 0 aliphatic carbocycles. The van der Waals surface area contributed by atoms with Gasteiger partial charge in [-0.2, -0.15) is 0 Å². The first-order valence-electron chi connectivity index (χ1n) is 13.6. The zero-order chi connectivity index (χ0) is 25.7. The lowest BCUT2D eigenvalue weighted by Gasteiger charge is -2.22. The van der Waals surface area contributed by atoms with Gasteiger partial charge in [0.1, 0.15) is 18.8 Å². The maximum absolute atomic E-state index is 11.1. The standard InChI is InChI=1S/C28H48N2O5/c1-2-3-4-5-6-7-8-9-10-11-12-13-14-15-16-17-18-35-26-20-24(29)19-25(21-26)30(22-27(31)32)23-28(33)34/h19-21H,2-18,22-23,29H2,1H3,(H,31,32)(H,33,34). The molecule has 0 radical (unpaired) electrons. The van der Waals surface area contributed by atoms with Crippen molar-refractivity contribution in [3.8, 4) is 5.75 Å². The molecule has 7 nitrogen and oxygen atoms in total. The van der Waals surface area contributed by atoms with Gasteiger partial charge in [0.2, 0.25) is 0 Å². The van der Waals surface area contributed by atoms with Gasteiger partial charge in [-0.1, -0.05) is 103 Å². The van der Waals surface area contributed by atoms with Crippen LogP contribution in [-0.2, 0) is 9.59 Å². The fraction of sp³-hybridized carbons (Fsp3) is 0.714. The molecule has 0 aromatic heterocycles. The average molecular weight is 493 g/mol. The van der Waals surface area contributed by atoms with Crippen molar-refractivity contribution >= 4 is 23.3 Å². The number of nitrogens with two attached hydrogens (primary N) is 1. The number of anilines is 2. The van der Waals surface area contributed by atoms with Crippen molar-refractivity contribution in [3.63, 3.8) is 0 Å². The van der Waals surface area contributed by atoms with E-state index in [0.29, 0.717) is 23.7 Å². The second-order valence-corrected chi connectivity index (χ2v) is 9.56. The molecule has 0 fully saturated rings. The minimum Gasteiger partial charge on any atom is -0.493 e. The highest BCUT2D eigenvalue weighted by Crippen LogP contribution is 2.26. The van der Waals surface area contributed by atoms with Crippen molar-refractivity contribution in [2.75, 3.05) is 30.3 Å². The number of aliphatic carboxylic acids is 2. The van der Waals surface area contributed by atoms with Gasteiger partial charge in [0.05, 0.1) is 6.61 Å². The summed E-state index contributed by atoms with van der Waals surface area (Å²) in [5, 5.41) is 18.1. The van der Waals surface area contributed by atoms with Crippen LogP contribution in [-0.4, -0.2) is 41.8 Å². The molecular weight excluding hydrogens is 444 g/mol. The van der Waals surface area contributed by atoms with E-state index in [1.807, 2.05) is 0 Å². The zero-order valence-electron chi connectivity index (χ0n) is 21.8. The number of benzene rings is 1. The Morgan fingerprint density at radius 1 is 0.714 bits per heavy atom. The van der Waals surface area contributed by atoms with E-state index in [1.165, 1.54) is 94.8 Å². The molecule has 1 rings (SSSR count). The first kappa shape index (κ1) is 30.6. The molecule has 0 heterocycles. The predicted molar refractivity (Wildman–Crippen MR) is 143 cm³/mol. The van der Waals surface area contributed by atoms with Crippen LogP contribution in [0.15, 0.2) is 18.2 Å². The number of carbonyl (C=O) groups is 2. The Morgan fingerprint density at radius 3 is 1.57 bits per heavy atom. The number of nitrogens with zero attached hydrogens (tertiary/aromatic N) is 1. The molecule has 0 atom stereocenters. The predicted octanol–water partition coefficient (Wildman–Crippen LogP) is 6.88. The first-order chi connectivity index (χ1) is 16.9. The molecule has 4 N–H and O–H groups in total. The van der Waals surface area contributed by atoms with Crippen LogP contribution in [0.2, 0.25) is 0 Å². The molecule has 0 aliphatic heterocycles. The topological polar surface area (TPSA) is 113 Å². The SMILES string of the molecule is CCCCCCCCCCCCCCCCCCOc1cc(N)cc(N(CC(=O)O)CC(=O)O)c1. The lowest BCUT2D eigenvalue weighted by Crippen LogP contribution is -2.34. The molecule has 7 heteroatoms. The summed E-state index contributed by atoms with van der Waals surface area (Å²) in [4.78, 5) is 23.4. The second kappa shape index (κ2) is 19.8. The maximum Gasteiger partial charge on any atom is 0.323 e. The van der Waals surface area contributed by atoms with E-state index in [0.717, 1.165) is 12.8 Å². The van der Waals surface area contributed by atoms with Crippen molar-refractivity contribution in [3.05, 3.63) is 18.2 Å². The van der Waals surface area contributed by atoms with Crippen molar-refractivity contribution in [1.29, 1.82) is 0 Å². The minimum absolute atomic E-state index is 0.408. The smallest absolute Gasteiger partial charge is 0.323 e. The minimum atomic E-state index is -1.11. The quantitative estimate of drug-likeness (QED) is 0.113. The summed E-state index contributed by atoms with van der Waals surface area (Å²) in [6, 6.07) is 4.89. The lowest BCUT2D eigenvalue weighted by atomic mass is 10.0. The Labute approximate surface area is 212 Å². The van der Waals surface area contributed by atoms with Crippen LogP contribution in [0.4, 0.5) is 11.4 Å². The van der Waals surface area contributed by atoms with Crippen molar-refractivity contribution in [2.24, 2.45) is 0 Å². The van der Waals surface area contributed by atoms with Crippen LogP contribution in [0.3, 0.4) is 0 Å². The number of hydrogen-bond donors (Lipinski definition) is 3. The van der Waals surface area contributed by atoms with E-state index in [9.17, 15) is 9.59 Å². The lowest BCUT2D eigenvalue weighted by molar-refractivity contribution is -0.136. The fourth-order valence-corrected chi connectivity index (χ4v) is 4.28. The Balaban J connectivity index is 2.11. The number of carboxylic acid groups (broad SMARTS) is 2. The molecular formula is C28H48N2O5. The fourth-order valence-electron chi connectivity index (χ4n) is 4.28. The van der Waals surface area contributed by atoms with E-state index >= 15 is 0 Å². The molecule has 0 bridgehead atoms. The third-order valence-corrected chi connectivity index (χ3v) is 6.20. The monoisotopic (exact) mass is 492 g/mol. The highest BCUT2D eigenvalue weighted by atomic mass is 16.5. The highest BCUT2D eigenvalue weighted by molar-refractivity contribution is 5.80. The molecule has 200 valence electrons. The largest absolute Gasteiger partial charge is 0.493 e. The Kier molecular flexibility index (Phi) is 17.3. The van der Waals surface area contributed by atoms with E-state index in [-0.39, 0.29) is 0 Å². The molecule has 0 saturated heterocycles. The van der Waals surface area contributed by atoms with E-state index in [1.54, 1.807) is 18.2 Å². The van der Waals surface area contributed by atoms with Crippen molar-refractivity contribution < 1.29 is 24.5 Å². The van der Waals surface area contributed by atoms with Gasteiger partial charge in [0, 0.05) is 23.5 Å². The molecule has 0 saturated carbocycles. The molecule has 0 amide bonds. The van der Waals surface area contributed by atoms with Gasteiger partial charge in [-0.25, -0.2) is 0 Å². The summed E-state index contributed by atoms with van der Waals surface area (Å²) in [7, 11) is 0. The van der Waals surface area contributed by atoms with Crippen LogP contribution in [0.1, 0.15) is 110 Å². The van der Waals surface area contributed by atoms with Crippen LogP contribution >= 0.6 is 0 Å². The number of hydrogen-bond acceptors (Lipinski definition) is 5. The summed E-state index contributed by atoms with van der Waals surface area (Å²) < 4.78 is 5.81. The molecule has 35 heavy (non-hydrogen) atoms. The van der Waals surface area contributed by atoms with Crippen LogP contribution in [0.25, 0.3) is 0 Å². The molecule has 0 unspecified atom stereocenters. The Morgan fingerprint density at radius 2 is 1.14 bits per heavy atom. The maximum atomic E-state index is 11.1. The van der Waals surface area contributed by atoms with Gasteiger partial charge in [-0.05, 0) is 12.5 Å². The number of rotatable bonds is 23. The normalized spacial score (nSPS) is 10.9. The Hall–Kier alpha value is -2.44. The van der Waals surface area contributed by atoms with E-state index in [4.69, 9.17) is 20.7 Å². The molecule has 0 spiro atoms. The average Bonchev–Trinajstić information content (AvgIpc) is 2.79. The number of unbranched alkanes of at least 4 members (excludes halogenated alkanes) is 15. The van der Waals surface area contributed by atoms with Crippen LogP contribution < -0.4 is 15.4 Å². The second-order valence-electron chi connectivity index (χ2n) is 9.56. The van der Waals surface area contributed by atoms with Crippen LogP contribution in [0, 0.1) is 0 Å². The summed E-state index contributed by atoms with van der Waals surface area (Å²) in [5.41, 5.74) is 6.76. The third kappa shape index (κ3) is 16.8. The third-order valence-electron chi connectivity index (χ3n) is 6.20. The van der Waals surface area contributed by atoms with Gasteiger partial charge < -0.3 is 25.6 Å². The molecule has 0 aliphatic rings. The molecule has 1 aromatic carbocycles. The van der Waals surface area contributed by atoms with E-state index in [2.05, 4.69) is 6.92 Å². The summed E-state index contributed by atoms with van der Waals surface area (Å²) >= 11 is 0. The van der Waals surface area contributed by atoms with Gasteiger partial charge >= 0.3 is 11.9 Å². The van der Waals surface area contributed by atoms with Gasteiger partial charge in [-0.15, -0.1) is 0 Å². The van der Waals surface area contributed by atoms with Crippen molar-refractivity contribution in [2.45, 2.75) is 110 Å². The van der Waals surface area contributed by atoms with Gasteiger partial charge in [0.25, 0.3) is 0 Å². The van der Waals surface area contributed by atoms with Gasteiger partial charge in [-0.3, -0.25) is 9.59 Å². The summed E-state index contributed by atoms with van der Waals surface area (Å²) in [6.07, 6.45) is 21.0.